The van der Waals surface area contributed by atoms with Crippen molar-refractivity contribution in [2.45, 2.75) is 51.1 Å². The monoisotopic (exact) mass is 349 g/mol. The fourth-order valence-electron chi connectivity index (χ4n) is 3.28. The number of hydrogen-bond donors (Lipinski definition) is 0. The third-order valence-electron chi connectivity index (χ3n) is 4.73. The van der Waals surface area contributed by atoms with Crippen LogP contribution in [0.5, 0.6) is 0 Å². The molecule has 25 heavy (non-hydrogen) atoms. The zero-order valence-electron chi connectivity index (χ0n) is 15.1. The van der Waals surface area contributed by atoms with E-state index in [9.17, 15) is 0 Å². The molecule has 2 fully saturated rings. The maximum atomic E-state index is 5.90. The molecule has 0 aliphatic carbocycles. The van der Waals surface area contributed by atoms with Crippen LogP contribution in [0.25, 0.3) is 0 Å². The number of rotatable bonds is 9. The summed E-state index contributed by atoms with van der Waals surface area (Å²) in [5.41, 5.74) is 1.20. The first-order valence-corrected chi connectivity index (χ1v) is 9.68. The lowest BCUT2D eigenvalue weighted by molar-refractivity contribution is -0.162. The summed E-state index contributed by atoms with van der Waals surface area (Å²) in [6.07, 6.45) is 6.65. The highest BCUT2D eigenvalue weighted by atomic mass is 16.7. The van der Waals surface area contributed by atoms with Crippen molar-refractivity contribution in [1.82, 2.24) is 0 Å². The van der Waals surface area contributed by atoms with Gasteiger partial charge in [0.2, 0.25) is 0 Å². The summed E-state index contributed by atoms with van der Waals surface area (Å²) in [4.78, 5) is 2.31. The lowest BCUT2D eigenvalue weighted by Gasteiger charge is -2.29. The fourth-order valence-corrected chi connectivity index (χ4v) is 3.28. The van der Waals surface area contributed by atoms with Crippen molar-refractivity contribution >= 4 is 5.69 Å². The van der Waals surface area contributed by atoms with Gasteiger partial charge in [-0.3, -0.25) is 0 Å². The van der Waals surface area contributed by atoms with Gasteiger partial charge in [0.05, 0.1) is 13.2 Å². The Balaban J connectivity index is 1.43. The Kier molecular flexibility index (Phi) is 8.03. The Morgan fingerprint density at radius 1 is 0.800 bits per heavy atom. The summed E-state index contributed by atoms with van der Waals surface area (Å²) in [5, 5.41) is 0. The van der Waals surface area contributed by atoms with Gasteiger partial charge in [-0.15, -0.1) is 0 Å². The molecule has 2 aliphatic heterocycles. The summed E-state index contributed by atoms with van der Waals surface area (Å²) < 4.78 is 23.1. The quantitative estimate of drug-likeness (QED) is 0.681. The van der Waals surface area contributed by atoms with Crippen molar-refractivity contribution in [3.63, 3.8) is 0 Å². The Hall–Kier alpha value is -1.14. The van der Waals surface area contributed by atoms with Gasteiger partial charge in [-0.25, -0.2) is 0 Å². The Labute approximate surface area is 151 Å². The van der Waals surface area contributed by atoms with Crippen molar-refractivity contribution in [3.05, 3.63) is 30.3 Å². The summed E-state index contributed by atoms with van der Waals surface area (Å²) >= 11 is 0. The molecule has 3 rings (SSSR count). The molecule has 0 aromatic heterocycles. The van der Waals surface area contributed by atoms with E-state index in [0.29, 0.717) is 13.2 Å². The first-order chi connectivity index (χ1) is 12.4. The maximum Gasteiger partial charge on any atom is 0.157 e. The molecule has 0 spiro atoms. The molecule has 2 atom stereocenters. The second-order valence-electron chi connectivity index (χ2n) is 6.66. The number of nitrogens with zero attached hydrogens (tertiary/aromatic N) is 1. The second kappa shape index (κ2) is 10.8. The van der Waals surface area contributed by atoms with Gasteiger partial charge in [-0.05, 0) is 50.7 Å². The van der Waals surface area contributed by atoms with Gasteiger partial charge >= 0.3 is 0 Å². The van der Waals surface area contributed by atoms with Crippen molar-refractivity contribution in [3.8, 4) is 0 Å². The van der Waals surface area contributed by atoms with Crippen molar-refractivity contribution in [2.24, 2.45) is 0 Å². The molecule has 0 amide bonds. The first kappa shape index (κ1) is 18.6. The minimum absolute atomic E-state index is 0.0294. The first-order valence-electron chi connectivity index (χ1n) is 9.68. The molecule has 2 saturated heterocycles. The molecular formula is C20H31NO4. The Morgan fingerprint density at radius 3 is 1.84 bits per heavy atom. The number of hydrogen-bond acceptors (Lipinski definition) is 5. The Morgan fingerprint density at radius 2 is 1.36 bits per heavy atom. The highest BCUT2D eigenvalue weighted by molar-refractivity contribution is 5.45. The van der Waals surface area contributed by atoms with E-state index in [1.165, 1.54) is 18.5 Å². The van der Waals surface area contributed by atoms with E-state index in [4.69, 9.17) is 18.9 Å². The van der Waals surface area contributed by atoms with Gasteiger partial charge in [0, 0.05) is 32.0 Å². The van der Waals surface area contributed by atoms with Crippen LogP contribution in [0.1, 0.15) is 38.5 Å². The fraction of sp³-hybridized carbons (Fsp3) is 0.700. The lowest BCUT2D eigenvalue weighted by Crippen LogP contribution is -2.34. The topological polar surface area (TPSA) is 40.2 Å². The van der Waals surface area contributed by atoms with E-state index in [1.807, 2.05) is 6.07 Å². The summed E-state index contributed by atoms with van der Waals surface area (Å²) in [7, 11) is 0. The summed E-state index contributed by atoms with van der Waals surface area (Å²) in [6.45, 7) is 4.64. The SMILES string of the molecule is c1ccc(N(CCOC2CCCCO2)CCOC2CCCCO2)cc1. The molecule has 140 valence electrons. The van der Waals surface area contributed by atoms with Crippen molar-refractivity contribution in [2.75, 3.05) is 44.4 Å². The van der Waals surface area contributed by atoms with Crippen LogP contribution in [0.3, 0.4) is 0 Å². The van der Waals surface area contributed by atoms with E-state index >= 15 is 0 Å². The minimum atomic E-state index is -0.0294. The molecular weight excluding hydrogens is 318 g/mol. The predicted molar refractivity (Wildman–Crippen MR) is 97.7 cm³/mol. The molecule has 2 heterocycles. The van der Waals surface area contributed by atoms with Gasteiger partial charge in [0.1, 0.15) is 0 Å². The van der Waals surface area contributed by atoms with E-state index in [1.54, 1.807) is 0 Å². The normalized spacial score (nSPS) is 24.2. The molecule has 2 unspecified atom stereocenters. The zero-order chi connectivity index (χ0) is 17.2. The van der Waals surface area contributed by atoms with Crippen LogP contribution in [-0.2, 0) is 18.9 Å². The van der Waals surface area contributed by atoms with Crippen LogP contribution in [0, 0.1) is 0 Å². The van der Waals surface area contributed by atoms with Gasteiger partial charge in [0.15, 0.2) is 12.6 Å². The molecule has 0 bridgehead atoms. The molecule has 0 N–H and O–H groups in total. The second-order valence-corrected chi connectivity index (χ2v) is 6.66. The molecule has 0 radical (unpaired) electrons. The van der Waals surface area contributed by atoms with Crippen LogP contribution < -0.4 is 4.90 Å². The Bertz CT molecular complexity index is 434. The number of para-hydroxylation sites is 1. The largest absolute Gasteiger partial charge is 0.367 e. The summed E-state index contributed by atoms with van der Waals surface area (Å²) in [5.74, 6) is 0. The van der Waals surface area contributed by atoms with E-state index in [0.717, 1.165) is 52.0 Å². The molecule has 1 aromatic rings. The van der Waals surface area contributed by atoms with E-state index in [2.05, 4.69) is 29.2 Å². The van der Waals surface area contributed by atoms with Crippen LogP contribution in [0.15, 0.2) is 30.3 Å². The highest BCUT2D eigenvalue weighted by Crippen LogP contribution is 2.17. The molecule has 5 heteroatoms. The third kappa shape index (κ3) is 6.59. The van der Waals surface area contributed by atoms with Crippen molar-refractivity contribution < 1.29 is 18.9 Å². The standard InChI is InChI=1S/C20H31NO4/c1-2-8-18(9-3-1)21(12-16-24-19-10-4-6-14-22-19)13-17-25-20-11-5-7-15-23-20/h1-3,8-9,19-20H,4-7,10-17H2. The minimum Gasteiger partial charge on any atom is -0.367 e. The predicted octanol–water partition coefficient (Wildman–Crippen LogP) is 3.58. The van der Waals surface area contributed by atoms with Crippen LogP contribution in [-0.4, -0.2) is 52.1 Å². The lowest BCUT2D eigenvalue weighted by atomic mass is 10.2. The zero-order valence-corrected chi connectivity index (χ0v) is 15.1. The van der Waals surface area contributed by atoms with Crippen LogP contribution >= 0.6 is 0 Å². The molecule has 0 saturated carbocycles. The maximum absolute atomic E-state index is 5.90. The molecule has 2 aliphatic rings. The number of anilines is 1. The van der Waals surface area contributed by atoms with Crippen LogP contribution in [0.4, 0.5) is 5.69 Å². The summed E-state index contributed by atoms with van der Waals surface area (Å²) in [6, 6.07) is 10.4. The smallest absolute Gasteiger partial charge is 0.157 e. The van der Waals surface area contributed by atoms with Gasteiger partial charge < -0.3 is 23.8 Å². The average Bonchev–Trinajstić information content (AvgIpc) is 2.69. The number of ether oxygens (including phenoxy) is 4. The average molecular weight is 349 g/mol. The van der Waals surface area contributed by atoms with Gasteiger partial charge in [0.25, 0.3) is 0 Å². The number of benzene rings is 1. The van der Waals surface area contributed by atoms with Crippen LogP contribution in [0.2, 0.25) is 0 Å². The van der Waals surface area contributed by atoms with E-state index < -0.39 is 0 Å². The van der Waals surface area contributed by atoms with Gasteiger partial charge in [-0.2, -0.15) is 0 Å². The van der Waals surface area contributed by atoms with Crippen molar-refractivity contribution in [1.29, 1.82) is 0 Å². The molecule has 5 nitrogen and oxygen atoms in total. The van der Waals surface area contributed by atoms with Gasteiger partial charge in [-0.1, -0.05) is 18.2 Å². The van der Waals surface area contributed by atoms with E-state index in [-0.39, 0.29) is 12.6 Å². The third-order valence-corrected chi connectivity index (χ3v) is 4.73. The molecule has 1 aromatic carbocycles. The highest BCUT2D eigenvalue weighted by Gasteiger charge is 2.16.